The molecule has 1 aromatic rings. The minimum absolute atomic E-state index is 0.409. The monoisotopic (exact) mass is 271 g/mol. The van der Waals surface area contributed by atoms with Gasteiger partial charge in [0.2, 0.25) is 0 Å². The summed E-state index contributed by atoms with van der Waals surface area (Å²) in [6.45, 7) is 2.08. The van der Waals surface area contributed by atoms with Crippen molar-refractivity contribution in [1.82, 2.24) is 5.32 Å². The second kappa shape index (κ2) is 5.07. The molecule has 1 atom stereocenters. The molecule has 1 aliphatic heterocycles. The van der Waals surface area contributed by atoms with Crippen LogP contribution in [-0.2, 0) is 4.74 Å². The molecule has 0 spiro atoms. The number of aliphatic hydroxyl groups is 1. The average molecular weight is 272 g/mol. The second-order valence-electron chi connectivity index (χ2n) is 3.71. The van der Waals surface area contributed by atoms with Gasteiger partial charge < -0.3 is 15.2 Å². The van der Waals surface area contributed by atoms with E-state index in [1.165, 1.54) is 0 Å². The van der Waals surface area contributed by atoms with E-state index in [0.717, 1.165) is 23.2 Å². The Bertz CT molecular complexity index is 328. The summed E-state index contributed by atoms with van der Waals surface area (Å²) in [5, 5.41) is 13.1. The Kier molecular flexibility index (Phi) is 3.75. The predicted molar refractivity (Wildman–Crippen MR) is 61.7 cm³/mol. The summed E-state index contributed by atoms with van der Waals surface area (Å²) >= 11 is 3.38. The fraction of sp³-hybridized carbons (Fsp3) is 0.455. The molecule has 0 radical (unpaired) electrons. The van der Waals surface area contributed by atoms with Gasteiger partial charge in [0.05, 0.1) is 25.4 Å². The largest absolute Gasteiger partial charge is 0.387 e. The van der Waals surface area contributed by atoms with Gasteiger partial charge in [0.25, 0.3) is 0 Å². The van der Waals surface area contributed by atoms with Crippen molar-refractivity contribution in [2.24, 2.45) is 0 Å². The molecule has 1 unspecified atom stereocenters. The highest BCUT2D eigenvalue weighted by Gasteiger charge is 2.18. The Labute approximate surface area is 97.6 Å². The van der Waals surface area contributed by atoms with Crippen LogP contribution in [0.1, 0.15) is 11.7 Å². The number of hydrogen-bond acceptors (Lipinski definition) is 3. The molecule has 1 saturated heterocycles. The van der Waals surface area contributed by atoms with Crippen LogP contribution in [-0.4, -0.2) is 30.9 Å². The van der Waals surface area contributed by atoms with Crippen LogP contribution >= 0.6 is 15.9 Å². The van der Waals surface area contributed by atoms with Crippen LogP contribution in [0, 0.1) is 0 Å². The smallest absolute Gasteiger partial charge is 0.0914 e. The van der Waals surface area contributed by atoms with Crippen molar-refractivity contribution >= 4 is 15.9 Å². The van der Waals surface area contributed by atoms with Crippen molar-refractivity contribution < 1.29 is 9.84 Å². The lowest BCUT2D eigenvalue weighted by Crippen LogP contribution is -2.47. The third kappa shape index (κ3) is 3.01. The molecular formula is C11H14BrNO2. The van der Waals surface area contributed by atoms with E-state index in [-0.39, 0.29) is 0 Å². The van der Waals surface area contributed by atoms with Gasteiger partial charge in [-0.25, -0.2) is 0 Å². The lowest BCUT2D eigenvalue weighted by Gasteiger charge is -2.28. The lowest BCUT2D eigenvalue weighted by atomic mass is 10.1. The highest BCUT2D eigenvalue weighted by atomic mass is 79.9. The van der Waals surface area contributed by atoms with Crippen LogP contribution < -0.4 is 5.32 Å². The molecule has 2 rings (SSSR count). The second-order valence-corrected chi connectivity index (χ2v) is 4.63. The Hall–Kier alpha value is -0.420. The predicted octanol–water partition coefficient (Wildman–Crippen LogP) is 1.47. The SMILES string of the molecule is OC(CNC1COC1)c1cccc(Br)c1. The molecule has 15 heavy (non-hydrogen) atoms. The molecule has 1 fully saturated rings. The van der Waals surface area contributed by atoms with Gasteiger partial charge in [0.1, 0.15) is 0 Å². The van der Waals surface area contributed by atoms with E-state index in [2.05, 4.69) is 21.2 Å². The molecule has 1 aromatic carbocycles. The van der Waals surface area contributed by atoms with E-state index >= 15 is 0 Å². The molecule has 1 aliphatic rings. The van der Waals surface area contributed by atoms with Crippen LogP contribution in [0.3, 0.4) is 0 Å². The number of hydrogen-bond donors (Lipinski definition) is 2. The molecule has 0 amide bonds. The van der Waals surface area contributed by atoms with Crippen molar-refractivity contribution in [3.05, 3.63) is 34.3 Å². The van der Waals surface area contributed by atoms with Gasteiger partial charge in [-0.15, -0.1) is 0 Å². The summed E-state index contributed by atoms with van der Waals surface area (Å²) in [4.78, 5) is 0. The molecule has 1 heterocycles. The maximum absolute atomic E-state index is 9.89. The van der Waals surface area contributed by atoms with Crippen LogP contribution in [0.5, 0.6) is 0 Å². The fourth-order valence-corrected chi connectivity index (χ4v) is 1.88. The van der Waals surface area contributed by atoms with Crippen LogP contribution in [0.15, 0.2) is 28.7 Å². The fourth-order valence-electron chi connectivity index (χ4n) is 1.46. The van der Waals surface area contributed by atoms with Crippen molar-refractivity contribution in [2.75, 3.05) is 19.8 Å². The highest BCUT2D eigenvalue weighted by molar-refractivity contribution is 9.10. The number of benzene rings is 1. The van der Waals surface area contributed by atoms with E-state index in [9.17, 15) is 5.11 Å². The number of nitrogens with one attached hydrogen (secondary N) is 1. The maximum atomic E-state index is 9.89. The zero-order chi connectivity index (χ0) is 10.7. The molecule has 0 bridgehead atoms. The van der Waals surface area contributed by atoms with Crippen molar-refractivity contribution in [1.29, 1.82) is 0 Å². The molecule has 82 valence electrons. The normalized spacial score (nSPS) is 18.5. The van der Waals surface area contributed by atoms with Crippen LogP contribution in [0.2, 0.25) is 0 Å². The van der Waals surface area contributed by atoms with Gasteiger partial charge in [-0.2, -0.15) is 0 Å². The van der Waals surface area contributed by atoms with E-state index in [1.54, 1.807) is 0 Å². The molecular weight excluding hydrogens is 258 g/mol. The van der Waals surface area contributed by atoms with E-state index in [1.807, 2.05) is 24.3 Å². The number of halogens is 1. The summed E-state index contributed by atoms with van der Waals surface area (Å²) < 4.78 is 6.03. The van der Waals surface area contributed by atoms with Crippen LogP contribution in [0.4, 0.5) is 0 Å². The minimum atomic E-state index is -0.455. The van der Waals surface area contributed by atoms with Crippen molar-refractivity contribution in [3.63, 3.8) is 0 Å². The summed E-state index contributed by atoms with van der Waals surface area (Å²) in [6, 6.07) is 8.14. The minimum Gasteiger partial charge on any atom is -0.387 e. The molecule has 4 heteroatoms. The topological polar surface area (TPSA) is 41.5 Å². The Morgan fingerprint density at radius 2 is 2.33 bits per heavy atom. The first kappa shape index (κ1) is 11.1. The third-order valence-corrected chi connectivity index (χ3v) is 2.96. The van der Waals surface area contributed by atoms with Crippen molar-refractivity contribution in [3.8, 4) is 0 Å². The van der Waals surface area contributed by atoms with E-state index < -0.39 is 6.10 Å². The molecule has 0 aliphatic carbocycles. The average Bonchev–Trinajstić information content (AvgIpc) is 2.15. The molecule has 2 N–H and O–H groups in total. The zero-order valence-electron chi connectivity index (χ0n) is 8.32. The number of ether oxygens (including phenoxy) is 1. The van der Waals surface area contributed by atoms with Gasteiger partial charge in [0, 0.05) is 11.0 Å². The third-order valence-electron chi connectivity index (χ3n) is 2.47. The Balaban J connectivity index is 1.86. The first-order chi connectivity index (χ1) is 7.25. The van der Waals surface area contributed by atoms with Gasteiger partial charge in [-0.05, 0) is 17.7 Å². The number of aliphatic hydroxyl groups excluding tert-OH is 1. The summed E-state index contributed by atoms with van der Waals surface area (Å²) in [7, 11) is 0. The zero-order valence-corrected chi connectivity index (χ0v) is 9.90. The highest BCUT2D eigenvalue weighted by Crippen LogP contribution is 2.17. The van der Waals surface area contributed by atoms with Crippen molar-refractivity contribution in [2.45, 2.75) is 12.1 Å². The quantitative estimate of drug-likeness (QED) is 0.872. The molecule has 0 aromatic heterocycles. The lowest BCUT2D eigenvalue weighted by molar-refractivity contribution is -0.00981. The first-order valence-electron chi connectivity index (χ1n) is 5.00. The van der Waals surface area contributed by atoms with Gasteiger partial charge in [-0.3, -0.25) is 0 Å². The van der Waals surface area contributed by atoms with E-state index in [4.69, 9.17) is 4.74 Å². The summed E-state index contributed by atoms with van der Waals surface area (Å²) in [6.07, 6.45) is -0.455. The Morgan fingerprint density at radius 1 is 1.53 bits per heavy atom. The first-order valence-corrected chi connectivity index (χ1v) is 5.79. The van der Waals surface area contributed by atoms with Gasteiger partial charge >= 0.3 is 0 Å². The summed E-state index contributed by atoms with van der Waals surface area (Å²) in [5.41, 5.74) is 0.928. The van der Waals surface area contributed by atoms with E-state index in [0.29, 0.717) is 12.6 Å². The summed E-state index contributed by atoms with van der Waals surface area (Å²) in [5.74, 6) is 0. The molecule has 0 saturated carbocycles. The number of rotatable bonds is 4. The standard InChI is InChI=1S/C11H14BrNO2/c12-9-3-1-2-8(4-9)11(14)5-13-10-6-15-7-10/h1-4,10-11,13-14H,5-7H2. The maximum Gasteiger partial charge on any atom is 0.0914 e. The van der Waals surface area contributed by atoms with Gasteiger partial charge in [0.15, 0.2) is 0 Å². The van der Waals surface area contributed by atoms with Crippen LogP contribution in [0.25, 0.3) is 0 Å². The van der Waals surface area contributed by atoms with Gasteiger partial charge in [-0.1, -0.05) is 28.1 Å². The Morgan fingerprint density at radius 3 is 2.93 bits per heavy atom. The molecule has 3 nitrogen and oxygen atoms in total.